The zero-order valence-corrected chi connectivity index (χ0v) is 27.7. The van der Waals surface area contributed by atoms with Crippen molar-refractivity contribution in [2.75, 3.05) is 6.61 Å². The molecule has 1 aliphatic rings. The molecule has 3 rings (SSSR count). The SMILES string of the molecule is CCCCCCCCCCCOc1ccc(C(=O)Oc2ccc(CCCCC3CCC(CCCCC)CC3)cc2)c(F)c1F. The van der Waals surface area contributed by atoms with E-state index in [1.807, 2.05) is 12.1 Å². The number of benzene rings is 2. The van der Waals surface area contributed by atoms with Crippen LogP contribution in [0, 0.1) is 23.5 Å². The highest BCUT2D eigenvalue weighted by molar-refractivity contribution is 5.91. The van der Waals surface area contributed by atoms with Gasteiger partial charge in [0.05, 0.1) is 12.2 Å². The molecule has 0 amide bonds. The quantitative estimate of drug-likeness (QED) is 0.0754. The van der Waals surface area contributed by atoms with Crippen molar-refractivity contribution in [3.8, 4) is 11.5 Å². The first-order valence-corrected chi connectivity index (χ1v) is 17.9. The lowest BCUT2D eigenvalue weighted by Gasteiger charge is -2.28. The minimum absolute atomic E-state index is 0.168. The fourth-order valence-electron chi connectivity index (χ4n) is 6.54. The molecule has 0 unspecified atom stereocenters. The zero-order valence-electron chi connectivity index (χ0n) is 27.7. The number of carbonyl (C=O) groups is 1. The predicted molar refractivity (Wildman–Crippen MR) is 178 cm³/mol. The van der Waals surface area contributed by atoms with Crippen molar-refractivity contribution in [3.63, 3.8) is 0 Å². The van der Waals surface area contributed by atoms with Crippen LogP contribution in [0.25, 0.3) is 0 Å². The summed E-state index contributed by atoms with van der Waals surface area (Å²) >= 11 is 0. The largest absolute Gasteiger partial charge is 0.490 e. The Labute approximate surface area is 266 Å². The maximum absolute atomic E-state index is 14.7. The van der Waals surface area contributed by atoms with E-state index in [4.69, 9.17) is 9.47 Å². The summed E-state index contributed by atoms with van der Waals surface area (Å²) in [4.78, 5) is 12.6. The van der Waals surface area contributed by atoms with Gasteiger partial charge in [-0.15, -0.1) is 0 Å². The Morgan fingerprint density at radius 1 is 0.659 bits per heavy atom. The van der Waals surface area contributed by atoms with Gasteiger partial charge in [-0.3, -0.25) is 0 Å². The van der Waals surface area contributed by atoms with Crippen LogP contribution in [0.4, 0.5) is 8.78 Å². The molecule has 0 spiro atoms. The molecule has 0 atom stereocenters. The minimum atomic E-state index is -1.24. The maximum Gasteiger partial charge on any atom is 0.346 e. The monoisotopic (exact) mass is 612 g/mol. The van der Waals surface area contributed by atoms with E-state index in [1.54, 1.807) is 12.1 Å². The summed E-state index contributed by atoms with van der Waals surface area (Å²) in [6.45, 7) is 4.82. The lowest BCUT2D eigenvalue weighted by molar-refractivity contribution is 0.0728. The van der Waals surface area contributed by atoms with Gasteiger partial charge in [-0.1, -0.05) is 142 Å². The van der Waals surface area contributed by atoms with Gasteiger partial charge in [0.2, 0.25) is 5.82 Å². The van der Waals surface area contributed by atoms with E-state index in [-0.39, 0.29) is 5.75 Å². The van der Waals surface area contributed by atoms with Gasteiger partial charge >= 0.3 is 5.97 Å². The Hall–Kier alpha value is -2.43. The molecule has 1 aliphatic carbocycles. The Morgan fingerprint density at radius 3 is 1.82 bits per heavy atom. The summed E-state index contributed by atoms with van der Waals surface area (Å²) in [5, 5.41) is 0. The molecule has 246 valence electrons. The first-order valence-electron chi connectivity index (χ1n) is 17.9. The number of aryl methyl sites for hydroxylation is 1. The first kappa shape index (κ1) is 36.0. The van der Waals surface area contributed by atoms with Gasteiger partial charge in [0, 0.05) is 0 Å². The van der Waals surface area contributed by atoms with Gasteiger partial charge in [-0.05, 0) is 60.9 Å². The van der Waals surface area contributed by atoms with Crippen molar-refractivity contribution in [1.29, 1.82) is 0 Å². The lowest BCUT2D eigenvalue weighted by atomic mass is 9.78. The Morgan fingerprint density at radius 2 is 1.20 bits per heavy atom. The third-order valence-corrected chi connectivity index (χ3v) is 9.42. The number of hydrogen-bond donors (Lipinski definition) is 0. The molecule has 44 heavy (non-hydrogen) atoms. The van der Waals surface area contributed by atoms with Gasteiger partial charge in [-0.2, -0.15) is 4.39 Å². The van der Waals surface area contributed by atoms with E-state index < -0.39 is 23.2 Å². The van der Waals surface area contributed by atoms with Crippen LogP contribution >= 0.6 is 0 Å². The summed E-state index contributed by atoms with van der Waals surface area (Å²) < 4.78 is 40.2. The number of carbonyl (C=O) groups excluding carboxylic acids is 1. The zero-order chi connectivity index (χ0) is 31.4. The van der Waals surface area contributed by atoms with E-state index >= 15 is 0 Å². The van der Waals surface area contributed by atoms with Crippen molar-refractivity contribution in [3.05, 3.63) is 59.2 Å². The fourth-order valence-corrected chi connectivity index (χ4v) is 6.54. The molecule has 0 aliphatic heterocycles. The van der Waals surface area contributed by atoms with Gasteiger partial charge in [0.1, 0.15) is 5.75 Å². The normalized spacial score (nSPS) is 16.6. The van der Waals surface area contributed by atoms with Crippen LogP contribution in [0.2, 0.25) is 0 Å². The van der Waals surface area contributed by atoms with E-state index in [9.17, 15) is 13.6 Å². The second kappa shape index (κ2) is 21.3. The van der Waals surface area contributed by atoms with Gasteiger partial charge < -0.3 is 9.47 Å². The second-order valence-corrected chi connectivity index (χ2v) is 13.1. The van der Waals surface area contributed by atoms with Crippen LogP contribution in [0.1, 0.15) is 158 Å². The highest BCUT2D eigenvalue weighted by Gasteiger charge is 2.22. The third-order valence-electron chi connectivity index (χ3n) is 9.42. The third kappa shape index (κ3) is 13.3. The van der Waals surface area contributed by atoms with Crippen molar-refractivity contribution in [2.45, 2.75) is 149 Å². The average Bonchev–Trinajstić information content (AvgIpc) is 3.03. The highest BCUT2D eigenvalue weighted by Crippen LogP contribution is 2.34. The van der Waals surface area contributed by atoms with Gasteiger partial charge in [0.25, 0.3) is 0 Å². The summed E-state index contributed by atoms with van der Waals surface area (Å²) in [7, 11) is 0. The number of ether oxygens (including phenoxy) is 2. The van der Waals surface area contributed by atoms with Crippen LogP contribution in [0.3, 0.4) is 0 Å². The predicted octanol–water partition coefficient (Wildman–Crippen LogP) is 12.2. The molecule has 0 aromatic heterocycles. The molecule has 0 radical (unpaired) electrons. The van der Waals surface area contributed by atoms with Crippen LogP contribution in [-0.4, -0.2) is 12.6 Å². The number of rotatable bonds is 22. The van der Waals surface area contributed by atoms with Crippen molar-refractivity contribution in [1.82, 2.24) is 0 Å². The standard InChI is InChI=1S/C39H58F2O3/c1-3-5-7-8-9-10-11-12-16-30-43-36-29-28-35(37(40)38(36)41)39(42)44-34-26-24-33(25-27-34)19-15-14-18-32-22-20-31(21-23-32)17-13-6-4-2/h24-29,31-32H,3-23,30H2,1-2H3. The number of unbranched alkanes of at least 4 members (excludes halogenated alkanes) is 11. The van der Waals surface area contributed by atoms with Crippen LogP contribution in [0.5, 0.6) is 11.5 Å². The molecule has 2 aromatic rings. The molecule has 5 heteroatoms. The molecule has 0 bridgehead atoms. The van der Waals surface area contributed by atoms with Crippen LogP contribution in [0.15, 0.2) is 36.4 Å². The maximum atomic E-state index is 14.7. The minimum Gasteiger partial charge on any atom is -0.490 e. The first-order chi connectivity index (χ1) is 21.5. The summed E-state index contributed by atoms with van der Waals surface area (Å²) in [6.07, 6.45) is 26.4. The van der Waals surface area contributed by atoms with E-state index in [0.717, 1.165) is 43.9 Å². The number of esters is 1. The Balaban J connectivity index is 1.32. The summed E-state index contributed by atoms with van der Waals surface area (Å²) in [5.74, 6) is -1.29. The molecule has 1 saturated carbocycles. The highest BCUT2D eigenvalue weighted by atomic mass is 19.2. The molecular formula is C39H58F2O3. The van der Waals surface area contributed by atoms with Crippen molar-refractivity contribution in [2.24, 2.45) is 11.8 Å². The Kier molecular flexibility index (Phi) is 17.5. The smallest absolute Gasteiger partial charge is 0.346 e. The molecule has 1 fully saturated rings. The van der Waals surface area contributed by atoms with Gasteiger partial charge in [0.15, 0.2) is 11.6 Å². The van der Waals surface area contributed by atoms with Crippen LogP contribution in [-0.2, 0) is 6.42 Å². The summed E-state index contributed by atoms with van der Waals surface area (Å²) in [5.41, 5.74) is 0.757. The number of hydrogen-bond acceptors (Lipinski definition) is 3. The van der Waals surface area contributed by atoms with E-state index in [0.29, 0.717) is 12.4 Å². The molecule has 0 saturated heterocycles. The molecular weight excluding hydrogens is 554 g/mol. The molecule has 3 nitrogen and oxygen atoms in total. The fraction of sp³-hybridized carbons (Fsp3) is 0.667. The molecule has 0 N–H and O–H groups in total. The van der Waals surface area contributed by atoms with Crippen molar-refractivity contribution < 1.29 is 23.0 Å². The van der Waals surface area contributed by atoms with E-state index in [2.05, 4.69) is 13.8 Å². The molecule has 0 heterocycles. The topological polar surface area (TPSA) is 35.5 Å². The average molecular weight is 613 g/mol. The van der Waals surface area contributed by atoms with Crippen molar-refractivity contribution >= 4 is 5.97 Å². The number of halogens is 2. The second-order valence-electron chi connectivity index (χ2n) is 13.1. The Bertz CT molecular complexity index is 1060. The van der Waals surface area contributed by atoms with Crippen LogP contribution < -0.4 is 9.47 Å². The van der Waals surface area contributed by atoms with Gasteiger partial charge in [-0.25, -0.2) is 9.18 Å². The summed E-state index contributed by atoms with van der Waals surface area (Å²) in [6, 6.07) is 9.90. The molecule has 2 aromatic carbocycles. The van der Waals surface area contributed by atoms with E-state index in [1.165, 1.54) is 120 Å². The lowest BCUT2D eigenvalue weighted by Crippen LogP contribution is -2.14.